The zero-order valence-corrected chi connectivity index (χ0v) is 17.1. The third-order valence-corrected chi connectivity index (χ3v) is 17.6. The molecule has 126 valence electrons. The highest BCUT2D eigenvalue weighted by Gasteiger charge is 2.65. The summed E-state index contributed by atoms with van der Waals surface area (Å²) in [6.45, 7) is 7.41. The van der Waals surface area contributed by atoms with Crippen molar-refractivity contribution in [2.75, 3.05) is 8.46 Å². The molecule has 0 aliphatic carbocycles. The lowest BCUT2D eigenvalue weighted by atomic mass is 10.3. The first-order chi connectivity index (χ1) is 12.1. The Bertz CT molecular complexity index is 801. The van der Waals surface area contributed by atoms with Gasteiger partial charge in [-0.15, -0.1) is 0 Å². The van der Waals surface area contributed by atoms with E-state index in [1.165, 1.54) is 16.6 Å². The molecule has 1 saturated heterocycles. The summed E-state index contributed by atoms with van der Waals surface area (Å²) in [6, 6.07) is 33.0. The predicted molar refractivity (Wildman–Crippen MR) is 113 cm³/mol. The average molecular weight is 361 g/mol. The number of nitrogens with zero attached hydrogens (tertiary/aromatic N) is 2. The Labute approximate surface area is 152 Å². The molecule has 4 rings (SSSR count). The summed E-state index contributed by atoms with van der Waals surface area (Å²) in [5.74, 6) is 0. The molecule has 0 saturated carbocycles. The monoisotopic (exact) mass is 360 g/mol. The third-order valence-electron chi connectivity index (χ3n) is 5.31. The first kappa shape index (κ1) is 16.2. The van der Waals surface area contributed by atoms with E-state index in [0.717, 1.165) is 0 Å². The van der Waals surface area contributed by atoms with Crippen LogP contribution >= 0.6 is 0 Å². The smallest absolute Gasteiger partial charge is 0.280 e. The summed E-state index contributed by atoms with van der Waals surface area (Å²) in [6.07, 6.45) is 0. The van der Waals surface area contributed by atoms with Crippen LogP contribution in [-0.2, 0) is 0 Å². The zero-order valence-electron chi connectivity index (χ0n) is 15.1. The summed E-state index contributed by atoms with van der Waals surface area (Å²) < 4.78 is 5.59. The maximum Gasteiger partial charge on any atom is 0.280 e. The number of benzene rings is 3. The Morgan fingerprint density at radius 3 is 1.28 bits per heavy atom. The molecule has 0 radical (unpaired) electrons. The molecule has 0 unspecified atom stereocenters. The molecule has 25 heavy (non-hydrogen) atoms. The molecule has 1 aliphatic rings. The normalized spacial score (nSPS) is 17.9. The van der Waals surface area contributed by atoms with Crippen LogP contribution in [-0.4, -0.2) is 16.8 Å². The van der Waals surface area contributed by atoms with Crippen molar-refractivity contribution >= 4 is 33.4 Å². The number of hydrogen-bond donors (Lipinski definition) is 0. The number of rotatable bonds is 3. The fraction of sp³-hybridized carbons (Fsp3) is 0.143. The van der Waals surface area contributed by atoms with Crippen LogP contribution < -0.4 is 13.6 Å². The lowest BCUT2D eigenvalue weighted by Gasteiger charge is -2.70. The van der Waals surface area contributed by atoms with Crippen molar-refractivity contribution in [1.29, 1.82) is 0 Å². The highest BCUT2D eigenvalue weighted by molar-refractivity contribution is 7.25. The lowest BCUT2D eigenvalue weighted by Crippen LogP contribution is -2.96. The molecule has 0 N–H and O–H groups in total. The quantitative estimate of drug-likeness (QED) is 0.625. The molecule has 0 atom stereocenters. The van der Waals surface area contributed by atoms with Crippen LogP contribution in [0, 0.1) is 0 Å². The fourth-order valence-corrected chi connectivity index (χ4v) is 19.0. The van der Waals surface area contributed by atoms with Gasteiger partial charge in [-0.3, -0.25) is 0 Å². The van der Waals surface area contributed by atoms with E-state index in [1.54, 1.807) is 0 Å². The Hall–Kier alpha value is -2.31. The van der Waals surface area contributed by atoms with Gasteiger partial charge in [-0.05, 0) is 49.1 Å². The number of anilines is 2. The van der Waals surface area contributed by atoms with Gasteiger partial charge >= 0.3 is 0 Å². The van der Waals surface area contributed by atoms with Gasteiger partial charge in [0.05, 0.1) is 0 Å². The number of hydrogen-bond acceptors (Lipinski definition) is 2. The van der Waals surface area contributed by atoms with Gasteiger partial charge in [0.1, 0.15) is 0 Å². The van der Waals surface area contributed by atoms with E-state index in [-0.39, 0.29) is 0 Å². The first-order valence-electron chi connectivity index (χ1n) is 8.82. The molecule has 1 fully saturated rings. The van der Waals surface area contributed by atoms with Crippen molar-refractivity contribution in [1.82, 2.24) is 0 Å². The van der Waals surface area contributed by atoms with E-state index in [4.69, 9.17) is 0 Å². The van der Waals surface area contributed by atoms with Crippen molar-refractivity contribution in [3.8, 4) is 0 Å². The molecule has 4 heteroatoms. The molecular formula is C21H24N2Si2. The Morgan fingerprint density at radius 2 is 0.880 bits per heavy atom. The predicted octanol–water partition coefficient (Wildman–Crippen LogP) is 4.69. The van der Waals surface area contributed by atoms with E-state index in [2.05, 4.69) is 119 Å². The fourth-order valence-electron chi connectivity index (χ4n) is 4.52. The van der Waals surface area contributed by atoms with Gasteiger partial charge in [-0.1, -0.05) is 66.7 Å². The Kier molecular flexibility index (Phi) is 3.82. The SMILES string of the molecule is C[Si]1(C)N(c2ccccc2)[Si](C)(c2ccccc2)N1c1ccccc1. The summed E-state index contributed by atoms with van der Waals surface area (Å²) in [7, 11) is -3.80. The van der Waals surface area contributed by atoms with Crippen molar-refractivity contribution < 1.29 is 0 Å². The maximum atomic E-state index is 2.79. The van der Waals surface area contributed by atoms with Crippen LogP contribution in [0.2, 0.25) is 19.6 Å². The second-order valence-electron chi connectivity index (χ2n) is 7.22. The molecular weight excluding hydrogens is 336 g/mol. The van der Waals surface area contributed by atoms with Crippen LogP contribution in [0.15, 0.2) is 91.0 Å². The van der Waals surface area contributed by atoms with Gasteiger partial charge in [0.2, 0.25) is 8.40 Å². The summed E-state index contributed by atoms with van der Waals surface area (Å²) in [5.41, 5.74) is 2.73. The van der Waals surface area contributed by atoms with Gasteiger partial charge < -0.3 is 8.46 Å². The van der Waals surface area contributed by atoms with Crippen molar-refractivity contribution in [3.05, 3.63) is 91.0 Å². The van der Waals surface area contributed by atoms with Crippen molar-refractivity contribution in [2.24, 2.45) is 0 Å². The molecule has 3 aromatic rings. The van der Waals surface area contributed by atoms with E-state index >= 15 is 0 Å². The highest BCUT2D eigenvalue weighted by Crippen LogP contribution is 2.45. The van der Waals surface area contributed by atoms with Crippen LogP contribution in [0.4, 0.5) is 11.4 Å². The van der Waals surface area contributed by atoms with E-state index < -0.39 is 16.8 Å². The van der Waals surface area contributed by atoms with Crippen LogP contribution in [0.1, 0.15) is 0 Å². The Morgan fingerprint density at radius 1 is 0.520 bits per heavy atom. The summed E-state index contributed by atoms with van der Waals surface area (Å²) in [5, 5.41) is 1.47. The van der Waals surface area contributed by atoms with Gasteiger partial charge in [-0.2, -0.15) is 0 Å². The van der Waals surface area contributed by atoms with E-state index in [1.807, 2.05) is 0 Å². The third kappa shape index (κ3) is 2.36. The van der Waals surface area contributed by atoms with E-state index in [0.29, 0.717) is 0 Å². The maximum absolute atomic E-state index is 2.79. The lowest BCUT2D eigenvalue weighted by molar-refractivity contribution is 1.17. The topological polar surface area (TPSA) is 6.48 Å². The minimum atomic E-state index is -2.02. The molecule has 0 spiro atoms. The van der Waals surface area contributed by atoms with Gasteiger partial charge in [0.15, 0.2) is 0 Å². The van der Waals surface area contributed by atoms with Crippen LogP contribution in [0.25, 0.3) is 0 Å². The van der Waals surface area contributed by atoms with Crippen LogP contribution in [0.5, 0.6) is 0 Å². The molecule has 0 amide bonds. The molecule has 0 aromatic heterocycles. The average Bonchev–Trinajstić information content (AvgIpc) is 2.63. The van der Waals surface area contributed by atoms with Crippen molar-refractivity contribution in [3.63, 3.8) is 0 Å². The first-order valence-corrected chi connectivity index (χ1v) is 14.1. The summed E-state index contributed by atoms with van der Waals surface area (Å²) in [4.78, 5) is 0. The Balaban J connectivity index is 1.90. The standard InChI is InChI=1S/C21H24N2Si2/c1-24(2)22(19-13-7-4-8-14-19)25(3,21-17-11-6-12-18-21)23(24)20-15-9-5-10-16-20/h4-18H,1-3H3. The highest BCUT2D eigenvalue weighted by atomic mass is 28.5. The van der Waals surface area contributed by atoms with Gasteiger partial charge in [-0.25, -0.2) is 0 Å². The van der Waals surface area contributed by atoms with E-state index in [9.17, 15) is 0 Å². The second kappa shape index (κ2) is 5.90. The van der Waals surface area contributed by atoms with Gasteiger partial charge in [0.25, 0.3) is 8.40 Å². The summed E-state index contributed by atoms with van der Waals surface area (Å²) >= 11 is 0. The zero-order chi connectivity index (χ0) is 17.5. The minimum absolute atomic E-state index is 1.37. The molecule has 0 bridgehead atoms. The molecule has 1 heterocycles. The molecule has 1 aliphatic heterocycles. The molecule has 2 nitrogen and oxygen atoms in total. The van der Waals surface area contributed by atoms with Gasteiger partial charge in [0, 0.05) is 11.4 Å². The second-order valence-corrected chi connectivity index (χ2v) is 15.5. The van der Waals surface area contributed by atoms with Crippen LogP contribution in [0.3, 0.4) is 0 Å². The van der Waals surface area contributed by atoms with Crippen molar-refractivity contribution in [2.45, 2.75) is 19.6 Å². The molecule has 3 aromatic carbocycles. The largest absolute Gasteiger partial charge is 0.389 e. The minimum Gasteiger partial charge on any atom is -0.389 e. The number of para-hydroxylation sites is 2.